The number of phenolic OH excluding ortho intramolecular Hbond substituents is 2. The summed E-state index contributed by atoms with van der Waals surface area (Å²) in [5.41, 5.74) is -1.36. The minimum absolute atomic E-state index is 0.0512. The molecule has 0 aliphatic heterocycles. The van der Waals surface area contributed by atoms with Gasteiger partial charge in [-0.05, 0) is 34.1 Å². The van der Waals surface area contributed by atoms with Gasteiger partial charge in [0.1, 0.15) is 11.5 Å². The Hall–Kier alpha value is -3.10. The molecule has 140 valence electrons. The van der Waals surface area contributed by atoms with Gasteiger partial charge < -0.3 is 15.3 Å². The van der Waals surface area contributed by atoms with E-state index in [2.05, 4.69) is 15.9 Å². The van der Waals surface area contributed by atoms with Crippen molar-refractivity contribution in [1.29, 1.82) is 0 Å². The maximum absolute atomic E-state index is 13.1. The highest BCUT2D eigenvalue weighted by Crippen LogP contribution is 2.46. The van der Waals surface area contributed by atoms with E-state index in [1.165, 1.54) is 36.4 Å². The van der Waals surface area contributed by atoms with Crippen molar-refractivity contribution in [1.82, 2.24) is 0 Å². The number of carbonyl (C=O) groups is 4. The van der Waals surface area contributed by atoms with Gasteiger partial charge >= 0.3 is 0 Å². The molecule has 0 saturated carbocycles. The molecule has 0 fully saturated rings. The maximum atomic E-state index is 13.1. The van der Waals surface area contributed by atoms with Gasteiger partial charge in [0, 0.05) is 16.7 Å². The molecular formula is C20H11BrO7. The number of aromatic hydroxyl groups is 2. The minimum atomic E-state index is -2.51. The van der Waals surface area contributed by atoms with Crippen LogP contribution in [0.4, 0.5) is 0 Å². The molecule has 0 amide bonds. The van der Waals surface area contributed by atoms with E-state index in [-0.39, 0.29) is 22.3 Å². The fourth-order valence-corrected chi connectivity index (χ4v) is 4.27. The molecule has 2 aromatic rings. The highest BCUT2D eigenvalue weighted by molar-refractivity contribution is 9.10. The molecule has 8 heteroatoms. The number of fused-ring (bicyclic) bond motifs is 2. The Morgan fingerprint density at radius 1 is 0.857 bits per heavy atom. The lowest BCUT2D eigenvalue weighted by Gasteiger charge is -2.35. The summed E-state index contributed by atoms with van der Waals surface area (Å²) in [7, 11) is 0. The summed E-state index contributed by atoms with van der Waals surface area (Å²) in [6.07, 6.45) is 0.872. The van der Waals surface area contributed by atoms with Gasteiger partial charge in [-0.2, -0.15) is 0 Å². The van der Waals surface area contributed by atoms with Crippen LogP contribution in [0.3, 0.4) is 0 Å². The number of carbonyl (C=O) groups excluding carboxylic acids is 4. The number of ketones is 4. The van der Waals surface area contributed by atoms with Gasteiger partial charge in [-0.1, -0.05) is 24.3 Å². The molecule has 0 spiro atoms. The van der Waals surface area contributed by atoms with E-state index < -0.39 is 50.6 Å². The van der Waals surface area contributed by atoms with Crippen LogP contribution in [0.15, 0.2) is 48.0 Å². The van der Waals surface area contributed by atoms with Crippen molar-refractivity contribution in [3.05, 3.63) is 70.3 Å². The van der Waals surface area contributed by atoms with Gasteiger partial charge in [0.15, 0.2) is 21.9 Å². The number of alkyl halides is 1. The zero-order valence-corrected chi connectivity index (χ0v) is 15.6. The Morgan fingerprint density at radius 3 is 2.07 bits per heavy atom. The largest absolute Gasteiger partial charge is 0.507 e. The smallest absolute Gasteiger partial charge is 0.207 e. The van der Waals surface area contributed by atoms with Crippen molar-refractivity contribution in [2.24, 2.45) is 5.92 Å². The number of halogens is 1. The lowest BCUT2D eigenvalue weighted by molar-refractivity contribution is 0.0458. The molecule has 0 bridgehead atoms. The lowest BCUT2D eigenvalue weighted by Crippen LogP contribution is -2.51. The fraction of sp³-hybridized carbons (Fsp3) is 0.100. The summed E-state index contributed by atoms with van der Waals surface area (Å²) in [5, 5.41) is 30.9. The lowest BCUT2D eigenvalue weighted by atomic mass is 9.71. The first-order chi connectivity index (χ1) is 13.2. The van der Waals surface area contributed by atoms with E-state index in [1.807, 2.05) is 0 Å². The third-order valence-corrected chi connectivity index (χ3v) is 5.71. The summed E-state index contributed by atoms with van der Waals surface area (Å²) in [4.78, 5) is 51.3. The molecule has 28 heavy (non-hydrogen) atoms. The molecule has 7 nitrogen and oxygen atoms in total. The second-order valence-corrected chi connectivity index (χ2v) is 7.70. The Kier molecular flexibility index (Phi) is 3.88. The first-order valence-electron chi connectivity index (χ1n) is 8.11. The van der Waals surface area contributed by atoms with Gasteiger partial charge in [0.2, 0.25) is 5.78 Å². The maximum Gasteiger partial charge on any atom is 0.207 e. The normalized spacial score (nSPS) is 23.9. The van der Waals surface area contributed by atoms with Crippen molar-refractivity contribution < 1.29 is 34.5 Å². The van der Waals surface area contributed by atoms with Crippen molar-refractivity contribution in [3.63, 3.8) is 0 Å². The minimum Gasteiger partial charge on any atom is -0.507 e. The molecule has 3 N–H and O–H groups in total. The molecule has 0 saturated heterocycles. The molecule has 0 aromatic heterocycles. The number of hydrogen-bond acceptors (Lipinski definition) is 7. The number of aliphatic hydroxyl groups is 1. The van der Waals surface area contributed by atoms with E-state index in [4.69, 9.17) is 0 Å². The average Bonchev–Trinajstić information content (AvgIpc) is 2.63. The van der Waals surface area contributed by atoms with Crippen LogP contribution in [0, 0.1) is 5.92 Å². The zero-order valence-electron chi connectivity index (χ0n) is 14.0. The third kappa shape index (κ3) is 2.31. The number of allylic oxidation sites excluding steroid dienone is 1. The summed E-state index contributed by atoms with van der Waals surface area (Å²) >= 11 is 2.84. The molecule has 0 heterocycles. The van der Waals surface area contributed by atoms with Crippen LogP contribution in [0.1, 0.15) is 41.4 Å². The number of hydrogen-bond donors (Lipinski definition) is 3. The van der Waals surface area contributed by atoms with Gasteiger partial charge in [0.05, 0.1) is 17.0 Å². The van der Waals surface area contributed by atoms with E-state index in [0.29, 0.717) is 0 Å². The fourth-order valence-electron chi connectivity index (χ4n) is 3.60. The summed E-state index contributed by atoms with van der Waals surface area (Å²) in [6, 6.07) is 7.75. The average molecular weight is 443 g/mol. The van der Waals surface area contributed by atoms with Gasteiger partial charge in [-0.15, -0.1) is 0 Å². The number of rotatable bonds is 1. The van der Waals surface area contributed by atoms with Crippen LogP contribution in [0.2, 0.25) is 0 Å². The van der Waals surface area contributed by atoms with Crippen molar-refractivity contribution in [2.45, 2.75) is 4.51 Å². The molecule has 0 radical (unpaired) electrons. The summed E-state index contributed by atoms with van der Waals surface area (Å²) in [6.45, 7) is 0. The standard InChI is InChI=1S/C20H11BrO7/c21-20(28)16(18(26)15-9(19(20)27)4-2-6-12(15)23)10-7-13(24)8-3-1-5-11(22)14(8)17(10)25/h1-7,16,22-23,28H. The SMILES string of the molecule is O=C1C=C(C2C(=O)c3c(O)cccc3C(=O)C2(O)Br)C(=O)c2c(O)cccc21. The number of phenols is 2. The van der Waals surface area contributed by atoms with Crippen LogP contribution < -0.4 is 0 Å². The third-order valence-electron chi connectivity index (χ3n) is 4.89. The highest BCUT2D eigenvalue weighted by atomic mass is 79.9. The molecule has 2 atom stereocenters. The highest BCUT2D eigenvalue weighted by Gasteiger charge is 2.55. The van der Waals surface area contributed by atoms with Gasteiger partial charge in [-0.25, -0.2) is 0 Å². The number of benzene rings is 2. The van der Waals surface area contributed by atoms with E-state index in [9.17, 15) is 34.5 Å². The van der Waals surface area contributed by atoms with Crippen molar-refractivity contribution in [3.8, 4) is 11.5 Å². The molecule has 4 rings (SSSR count). The predicted octanol–water partition coefficient (Wildman–Crippen LogP) is 2.18. The second kappa shape index (κ2) is 5.95. The first-order valence-corrected chi connectivity index (χ1v) is 8.90. The molecule has 2 unspecified atom stereocenters. The van der Waals surface area contributed by atoms with Crippen LogP contribution in [0.5, 0.6) is 11.5 Å². The first kappa shape index (κ1) is 18.3. The Morgan fingerprint density at radius 2 is 1.43 bits per heavy atom. The predicted molar refractivity (Wildman–Crippen MR) is 99.0 cm³/mol. The molecule has 2 aliphatic carbocycles. The molecule has 2 aliphatic rings. The Labute approximate surface area is 166 Å². The zero-order chi connectivity index (χ0) is 20.4. The molecular weight excluding hydrogens is 432 g/mol. The van der Waals surface area contributed by atoms with E-state index in [0.717, 1.165) is 6.08 Å². The summed E-state index contributed by atoms with van der Waals surface area (Å²) in [5.74, 6) is -6.10. The van der Waals surface area contributed by atoms with Crippen LogP contribution in [-0.4, -0.2) is 43.0 Å². The van der Waals surface area contributed by atoms with Crippen molar-refractivity contribution >= 4 is 39.1 Å². The second-order valence-electron chi connectivity index (χ2n) is 6.49. The quantitative estimate of drug-likeness (QED) is 0.577. The summed E-state index contributed by atoms with van der Waals surface area (Å²) < 4.78 is -2.51. The van der Waals surface area contributed by atoms with Crippen molar-refractivity contribution in [2.75, 3.05) is 0 Å². The number of Topliss-reactive ketones (excluding diaryl/α,β-unsaturated/α-hetero) is 3. The Balaban J connectivity index is 1.95. The van der Waals surface area contributed by atoms with Crippen LogP contribution in [-0.2, 0) is 0 Å². The molecule has 2 aromatic carbocycles. The monoisotopic (exact) mass is 442 g/mol. The van der Waals surface area contributed by atoms with Gasteiger partial charge in [-0.3, -0.25) is 19.2 Å². The van der Waals surface area contributed by atoms with Crippen LogP contribution >= 0.6 is 15.9 Å². The van der Waals surface area contributed by atoms with E-state index >= 15 is 0 Å². The van der Waals surface area contributed by atoms with E-state index in [1.54, 1.807) is 0 Å². The van der Waals surface area contributed by atoms with Crippen LogP contribution in [0.25, 0.3) is 0 Å². The topological polar surface area (TPSA) is 129 Å². The van der Waals surface area contributed by atoms with Gasteiger partial charge in [0.25, 0.3) is 0 Å². The Bertz CT molecular complexity index is 1140.